The van der Waals surface area contributed by atoms with E-state index in [-0.39, 0.29) is 17.3 Å². The lowest BCUT2D eigenvalue weighted by molar-refractivity contribution is -0.130. The molecule has 0 N–H and O–H groups in total. The van der Waals surface area contributed by atoms with E-state index in [0.29, 0.717) is 17.2 Å². The third kappa shape index (κ3) is 3.32. The maximum atomic E-state index is 12.2. The van der Waals surface area contributed by atoms with Crippen molar-refractivity contribution in [1.29, 1.82) is 0 Å². The Morgan fingerprint density at radius 3 is 2.95 bits per heavy atom. The predicted octanol–water partition coefficient (Wildman–Crippen LogP) is 2.35. The van der Waals surface area contributed by atoms with Gasteiger partial charge < -0.3 is 4.74 Å². The molecule has 0 unspecified atom stereocenters. The van der Waals surface area contributed by atoms with Crippen LogP contribution >= 0.6 is 11.6 Å². The Morgan fingerprint density at radius 1 is 1.45 bits per heavy atom. The summed E-state index contributed by atoms with van der Waals surface area (Å²) >= 11 is 5.92. The van der Waals surface area contributed by atoms with Crippen LogP contribution < -0.4 is 5.56 Å². The third-order valence-electron chi connectivity index (χ3n) is 3.70. The third-order valence-corrected chi connectivity index (χ3v) is 3.93. The van der Waals surface area contributed by atoms with Gasteiger partial charge in [-0.1, -0.05) is 11.6 Å². The van der Waals surface area contributed by atoms with Gasteiger partial charge in [0.05, 0.1) is 22.4 Å². The van der Waals surface area contributed by atoms with Crippen LogP contribution in [0.1, 0.15) is 26.5 Å². The molecule has 0 radical (unpaired) electrons. The van der Waals surface area contributed by atoms with Gasteiger partial charge in [0.25, 0.3) is 5.56 Å². The molecule has 22 heavy (non-hydrogen) atoms. The van der Waals surface area contributed by atoms with E-state index in [2.05, 4.69) is 30.7 Å². The first-order valence-corrected chi connectivity index (χ1v) is 7.78. The second kappa shape index (κ2) is 5.65. The Morgan fingerprint density at radius 2 is 2.23 bits per heavy atom. The standard InChI is InChI=1S/C16H20ClN3O2/c1-11-7-19(10-16(2,3)22-11)9-13-6-15(21)20-8-12(17)4-5-14(20)18-13/h4-6,8,11H,7,9-10H2,1-3H3/t11-/m1/s1. The Balaban J connectivity index is 1.88. The lowest BCUT2D eigenvalue weighted by Crippen LogP contribution is -2.51. The lowest BCUT2D eigenvalue weighted by atomic mass is 10.1. The molecule has 5 nitrogen and oxygen atoms in total. The summed E-state index contributed by atoms with van der Waals surface area (Å²) in [4.78, 5) is 19.1. The average Bonchev–Trinajstić information content (AvgIpc) is 2.37. The molecule has 6 heteroatoms. The maximum absolute atomic E-state index is 12.2. The van der Waals surface area contributed by atoms with E-state index in [9.17, 15) is 4.79 Å². The molecule has 2 aromatic heterocycles. The van der Waals surface area contributed by atoms with Crippen LogP contribution in [0.5, 0.6) is 0 Å². The summed E-state index contributed by atoms with van der Waals surface area (Å²) in [7, 11) is 0. The number of pyridine rings is 1. The van der Waals surface area contributed by atoms with Crippen molar-refractivity contribution < 1.29 is 4.74 Å². The minimum Gasteiger partial charge on any atom is -0.370 e. The molecule has 1 aliphatic rings. The van der Waals surface area contributed by atoms with Crippen molar-refractivity contribution in [3.63, 3.8) is 0 Å². The fourth-order valence-electron chi connectivity index (χ4n) is 3.14. The first kappa shape index (κ1) is 15.5. The van der Waals surface area contributed by atoms with Gasteiger partial charge >= 0.3 is 0 Å². The van der Waals surface area contributed by atoms with Gasteiger partial charge in [0, 0.05) is 31.9 Å². The molecule has 0 saturated carbocycles. The Hall–Kier alpha value is -1.43. The molecular formula is C16H20ClN3O2. The van der Waals surface area contributed by atoms with Crippen LogP contribution in [0.2, 0.25) is 5.02 Å². The van der Waals surface area contributed by atoms with E-state index in [4.69, 9.17) is 16.3 Å². The fraction of sp³-hybridized carbons (Fsp3) is 0.500. The zero-order valence-electron chi connectivity index (χ0n) is 13.0. The van der Waals surface area contributed by atoms with Crippen molar-refractivity contribution >= 4 is 17.2 Å². The molecule has 0 bridgehead atoms. The molecule has 118 valence electrons. The number of aromatic nitrogens is 2. The summed E-state index contributed by atoms with van der Waals surface area (Å²) in [6.45, 7) is 8.54. The molecule has 0 aliphatic carbocycles. The Bertz CT molecular complexity index is 757. The van der Waals surface area contributed by atoms with Gasteiger partial charge in [-0.2, -0.15) is 0 Å². The average molecular weight is 322 g/mol. The molecule has 3 rings (SSSR count). The number of fused-ring (bicyclic) bond motifs is 1. The number of nitrogens with zero attached hydrogens (tertiary/aromatic N) is 3. The van der Waals surface area contributed by atoms with Crippen LogP contribution in [0.25, 0.3) is 5.65 Å². The number of hydrogen-bond donors (Lipinski definition) is 0. The molecule has 3 heterocycles. The Kier molecular flexibility index (Phi) is 3.97. The first-order chi connectivity index (χ1) is 10.3. The first-order valence-electron chi connectivity index (χ1n) is 7.40. The van der Waals surface area contributed by atoms with Crippen molar-refractivity contribution in [2.75, 3.05) is 13.1 Å². The largest absolute Gasteiger partial charge is 0.370 e. The van der Waals surface area contributed by atoms with Crippen LogP contribution in [0, 0.1) is 0 Å². The predicted molar refractivity (Wildman–Crippen MR) is 86.4 cm³/mol. The molecule has 1 fully saturated rings. The van der Waals surface area contributed by atoms with Gasteiger partial charge in [-0.3, -0.25) is 14.1 Å². The molecule has 1 saturated heterocycles. The molecular weight excluding hydrogens is 302 g/mol. The minimum atomic E-state index is -0.183. The number of rotatable bonds is 2. The zero-order valence-corrected chi connectivity index (χ0v) is 13.8. The van der Waals surface area contributed by atoms with Crippen molar-refractivity contribution in [2.24, 2.45) is 0 Å². The van der Waals surface area contributed by atoms with E-state index < -0.39 is 0 Å². The topological polar surface area (TPSA) is 46.8 Å². The van der Waals surface area contributed by atoms with Crippen molar-refractivity contribution in [1.82, 2.24) is 14.3 Å². The molecule has 0 aromatic carbocycles. The number of halogens is 1. The van der Waals surface area contributed by atoms with E-state index in [0.717, 1.165) is 18.8 Å². The van der Waals surface area contributed by atoms with Crippen LogP contribution in [0.15, 0.2) is 29.2 Å². The van der Waals surface area contributed by atoms with Gasteiger partial charge in [0.2, 0.25) is 0 Å². The number of hydrogen-bond acceptors (Lipinski definition) is 4. The SMILES string of the molecule is C[C@@H]1CN(Cc2cc(=O)n3cc(Cl)ccc3n2)CC(C)(C)O1. The van der Waals surface area contributed by atoms with Crippen LogP contribution in [-0.2, 0) is 11.3 Å². The van der Waals surface area contributed by atoms with E-state index >= 15 is 0 Å². The Labute approximate surface area is 134 Å². The second-order valence-electron chi connectivity index (χ2n) is 6.52. The monoisotopic (exact) mass is 321 g/mol. The molecule has 2 aromatic rings. The van der Waals surface area contributed by atoms with E-state index in [1.54, 1.807) is 24.4 Å². The van der Waals surface area contributed by atoms with Gasteiger partial charge in [-0.15, -0.1) is 0 Å². The van der Waals surface area contributed by atoms with Gasteiger partial charge in [-0.05, 0) is 32.9 Å². The van der Waals surface area contributed by atoms with Crippen LogP contribution in [0.3, 0.4) is 0 Å². The highest BCUT2D eigenvalue weighted by Crippen LogP contribution is 2.21. The van der Waals surface area contributed by atoms with Crippen molar-refractivity contribution in [2.45, 2.75) is 39.0 Å². The fourth-order valence-corrected chi connectivity index (χ4v) is 3.30. The number of ether oxygens (including phenoxy) is 1. The van der Waals surface area contributed by atoms with Gasteiger partial charge in [0.15, 0.2) is 0 Å². The summed E-state index contributed by atoms with van der Waals surface area (Å²) in [5.41, 5.74) is 1.10. The summed E-state index contributed by atoms with van der Waals surface area (Å²) in [5.74, 6) is 0. The lowest BCUT2D eigenvalue weighted by Gasteiger charge is -2.41. The van der Waals surface area contributed by atoms with E-state index in [1.165, 1.54) is 4.40 Å². The quantitative estimate of drug-likeness (QED) is 0.852. The summed E-state index contributed by atoms with van der Waals surface area (Å²) in [5, 5.41) is 0.521. The van der Waals surface area contributed by atoms with E-state index in [1.807, 2.05) is 0 Å². The molecule has 1 atom stereocenters. The van der Waals surface area contributed by atoms with Gasteiger partial charge in [-0.25, -0.2) is 4.98 Å². The minimum absolute atomic E-state index is 0.108. The molecule has 0 amide bonds. The second-order valence-corrected chi connectivity index (χ2v) is 6.96. The van der Waals surface area contributed by atoms with Crippen molar-refractivity contribution in [3.8, 4) is 0 Å². The highest BCUT2D eigenvalue weighted by atomic mass is 35.5. The maximum Gasteiger partial charge on any atom is 0.258 e. The molecule has 1 aliphatic heterocycles. The summed E-state index contributed by atoms with van der Waals surface area (Å²) in [6, 6.07) is 5.09. The highest BCUT2D eigenvalue weighted by molar-refractivity contribution is 6.30. The summed E-state index contributed by atoms with van der Waals surface area (Å²) in [6.07, 6.45) is 1.76. The normalized spacial score (nSPS) is 22.1. The summed E-state index contributed by atoms with van der Waals surface area (Å²) < 4.78 is 7.38. The number of morpholine rings is 1. The molecule has 0 spiro atoms. The smallest absolute Gasteiger partial charge is 0.258 e. The van der Waals surface area contributed by atoms with Crippen LogP contribution in [-0.4, -0.2) is 39.1 Å². The van der Waals surface area contributed by atoms with Gasteiger partial charge in [0.1, 0.15) is 5.65 Å². The zero-order chi connectivity index (χ0) is 15.9. The highest BCUT2D eigenvalue weighted by Gasteiger charge is 2.31. The van der Waals surface area contributed by atoms with Crippen LogP contribution in [0.4, 0.5) is 0 Å². The van der Waals surface area contributed by atoms with Crippen molar-refractivity contribution in [3.05, 3.63) is 45.5 Å².